The fourth-order valence-corrected chi connectivity index (χ4v) is 1.73. The smallest absolute Gasteiger partial charge is 0.237 e. The number of hydrogen-bond donors (Lipinski definition) is 2. The summed E-state index contributed by atoms with van der Waals surface area (Å²) in [5, 5.41) is 3.13. The van der Waals surface area contributed by atoms with E-state index in [9.17, 15) is 4.79 Å². The van der Waals surface area contributed by atoms with Crippen LogP contribution in [0.2, 0.25) is 0 Å². The van der Waals surface area contributed by atoms with E-state index in [1.807, 2.05) is 34.6 Å². The van der Waals surface area contributed by atoms with Crippen LogP contribution in [0.1, 0.15) is 47.5 Å². The number of primary amides is 1. The average molecular weight is 274 g/mol. The van der Waals surface area contributed by atoms with Gasteiger partial charge in [-0.2, -0.15) is 0 Å². The molecule has 0 fully saturated rings. The molecule has 0 aliphatic heterocycles. The van der Waals surface area contributed by atoms with E-state index in [4.69, 9.17) is 15.2 Å². The average Bonchev–Trinajstić information content (AvgIpc) is 2.26. The number of nitrogens with two attached hydrogens (primary N) is 1. The van der Waals surface area contributed by atoms with Gasteiger partial charge in [-0.15, -0.1) is 0 Å². The minimum absolute atomic E-state index is 0.126. The zero-order valence-electron chi connectivity index (χ0n) is 13.0. The molecule has 1 unspecified atom stereocenters. The number of carbonyl (C=O) groups excluding carboxylic acids is 1. The predicted octanol–water partition coefficient (Wildman–Crippen LogP) is 1.45. The van der Waals surface area contributed by atoms with Crippen LogP contribution in [-0.2, 0) is 14.3 Å². The summed E-state index contributed by atoms with van der Waals surface area (Å²) in [7, 11) is 0. The van der Waals surface area contributed by atoms with Crippen LogP contribution in [0.5, 0.6) is 0 Å². The second kappa shape index (κ2) is 8.51. The molecule has 5 heteroatoms. The normalized spacial score (nSPS) is 15.2. The molecule has 0 aromatic heterocycles. The van der Waals surface area contributed by atoms with Gasteiger partial charge in [0.2, 0.25) is 5.91 Å². The van der Waals surface area contributed by atoms with Crippen molar-refractivity contribution >= 4 is 5.91 Å². The molecular weight excluding hydrogens is 244 g/mol. The van der Waals surface area contributed by atoms with Gasteiger partial charge in [0.25, 0.3) is 0 Å². The first-order valence-electron chi connectivity index (χ1n) is 6.98. The van der Waals surface area contributed by atoms with Gasteiger partial charge in [0.05, 0.1) is 24.4 Å². The highest BCUT2D eigenvalue weighted by molar-refractivity contribution is 5.84. The minimum Gasteiger partial charge on any atom is -0.379 e. The Bertz CT molecular complexity index is 264. The highest BCUT2D eigenvalue weighted by Crippen LogP contribution is 2.12. The van der Waals surface area contributed by atoms with Crippen molar-refractivity contribution in [1.82, 2.24) is 5.32 Å². The Balaban J connectivity index is 3.70. The molecule has 0 aromatic carbocycles. The zero-order chi connectivity index (χ0) is 14.9. The lowest BCUT2D eigenvalue weighted by Gasteiger charge is -2.26. The third-order valence-corrected chi connectivity index (χ3v) is 2.84. The topological polar surface area (TPSA) is 73.6 Å². The third kappa shape index (κ3) is 8.97. The van der Waals surface area contributed by atoms with Crippen molar-refractivity contribution in [3.8, 4) is 0 Å². The first-order valence-corrected chi connectivity index (χ1v) is 6.98. The van der Waals surface area contributed by atoms with Gasteiger partial charge < -0.3 is 20.5 Å². The van der Waals surface area contributed by atoms with Crippen LogP contribution >= 0.6 is 0 Å². The maximum absolute atomic E-state index is 11.4. The highest BCUT2D eigenvalue weighted by atomic mass is 16.5. The van der Waals surface area contributed by atoms with Crippen molar-refractivity contribution < 1.29 is 14.3 Å². The number of hydrogen-bond acceptors (Lipinski definition) is 4. The molecule has 3 N–H and O–H groups in total. The summed E-state index contributed by atoms with van der Waals surface area (Å²) in [5.74, 6) is -0.314. The second-order valence-electron chi connectivity index (χ2n) is 5.90. The molecule has 1 atom stereocenters. The van der Waals surface area contributed by atoms with Crippen LogP contribution in [0, 0.1) is 0 Å². The molecule has 0 spiro atoms. The van der Waals surface area contributed by atoms with E-state index in [2.05, 4.69) is 5.32 Å². The van der Waals surface area contributed by atoms with Crippen LogP contribution in [-0.4, -0.2) is 43.4 Å². The van der Waals surface area contributed by atoms with Gasteiger partial charge in [-0.25, -0.2) is 0 Å². The van der Waals surface area contributed by atoms with E-state index in [1.54, 1.807) is 0 Å². The quantitative estimate of drug-likeness (QED) is 0.591. The molecule has 114 valence electrons. The number of carbonyl (C=O) groups is 1. The number of nitrogens with one attached hydrogen (secondary N) is 1. The van der Waals surface area contributed by atoms with Crippen molar-refractivity contribution in [3.63, 3.8) is 0 Å². The summed E-state index contributed by atoms with van der Waals surface area (Å²) < 4.78 is 11.0. The standard InChI is InChI=1S/C14H30N2O3/c1-6-16-14(5,12(15)17)8-7-9-18-10-11-19-13(2,3)4/h16H,6-11H2,1-5H3,(H2,15,17). The van der Waals surface area contributed by atoms with E-state index in [1.165, 1.54) is 0 Å². The van der Waals surface area contributed by atoms with E-state index in [-0.39, 0.29) is 11.5 Å². The van der Waals surface area contributed by atoms with Crippen LogP contribution in [0.25, 0.3) is 0 Å². The third-order valence-electron chi connectivity index (χ3n) is 2.84. The minimum atomic E-state index is -0.639. The van der Waals surface area contributed by atoms with Gasteiger partial charge in [0.1, 0.15) is 0 Å². The number of ether oxygens (including phenoxy) is 2. The van der Waals surface area contributed by atoms with Crippen LogP contribution < -0.4 is 11.1 Å². The second-order valence-corrected chi connectivity index (χ2v) is 5.90. The summed E-state index contributed by atoms with van der Waals surface area (Å²) in [5.41, 5.74) is 4.64. The molecule has 0 aliphatic rings. The van der Waals surface area contributed by atoms with Crippen LogP contribution in [0.3, 0.4) is 0 Å². The lowest BCUT2D eigenvalue weighted by molar-refractivity contribution is -0.124. The molecule has 5 nitrogen and oxygen atoms in total. The lowest BCUT2D eigenvalue weighted by Crippen LogP contribution is -2.53. The number of amides is 1. The summed E-state index contributed by atoms with van der Waals surface area (Å²) in [6, 6.07) is 0. The summed E-state index contributed by atoms with van der Waals surface area (Å²) in [6.07, 6.45) is 1.47. The Labute approximate surface area is 117 Å². The molecule has 0 saturated carbocycles. The maximum atomic E-state index is 11.4. The Morgan fingerprint density at radius 1 is 1.16 bits per heavy atom. The first kappa shape index (κ1) is 18.4. The van der Waals surface area contributed by atoms with E-state index in [0.717, 1.165) is 13.0 Å². The van der Waals surface area contributed by atoms with Gasteiger partial charge in [-0.05, 0) is 47.1 Å². The zero-order valence-corrected chi connectivity index (χ0v) is 13.0. The molecule has 1 amide bonds. The molecule has 0 rings (SSSR count). The highest BCUT2D eigenvalue weighted by Gasteiger charge is 2.28. The van der Waals surface area contributed by atoms with Crippen molar-refractivity contribution in [2.75, 3.05) is 26.4 Å². The van der Waals surface area contributed by atoms with E-state index in [0.29, 0.717) is 26.2 Å². The largest absolute Gasteiger partial charge is 0.379 e. The van der Waals surface area contributed by atoms with Gasteiger partial charge in [-0.1, -0.05) is 6.92 Å². The van der Waals surface area contributed by atoms with Gasteiger partial charge in [0, 0.05) is 6.61 Å². The maximum Gasteiger partial charge on any atom is 0.237 e. The Kier molecular flexibility index (Phi) is 8.22. The van der Waals surface area contributed by atoms with E-state index < -0.39 is 5.54 Å². The molecule has 0 radical (unpaired) electrons. The Hall–Kier alpha value is -0.650. The molecule has 0 aromatic rings. The van der Waals surface area contributed by atoms with E-state index >= 15 is 0 Å². The van der Waals surface area contributed by atoms with Crippen molar-refractivity contribution in [3.05, 3.63) is 0 Å². The van der Waals surface area contributed by atoms with Gasteiger partial charge in [0.15, 0.2) is 0 Å². The number of rotatable bonds is 10. The van der Waals surface area contributed by atoms with Crippen molar-refractivity contribution in [2.24, 2.45) is 5.73 Å². The van der Waals surface area contributed by atoms with Crippen LogP contribution in [0.15, 0.2) is 0 Å². The summed E-state index contributed by atoms with van der Waals surface area (Å²) in [4.78, 5) is 11.4. The monoisotopic (exact) mass is 274 g/mol. The lowest BCUT2D eigenvalue weighted by atomic mass is 9.95. The molecule has 0 aliphatic carbocycles. The molecule has 0 saturated heterocycles. The Morgan fingerprint density at radius 2 is 1.79 bits per heavy atom. The molecule has 0 heterocycles. The molecule has 19 heavy (non-hydrogen) atoms. The Morgan fingerprint density at radius 3 is 2.26 bits per heavy atom. The first-order chi connectivity index (χ1) is 8.71. The van der Waals surface area contributed by atoms with Crippen molar-refractivity contribution in [2.45, 2.75) is 58.6 Å². The fraction of sp³-hybridized carbons (Fsp3) is 0.929. The van der Waals surface area contributed by atoms with Gasteiger partial charge >= 0.3 is 0 Å². The predicted molar refractivity (Wildman–Crippen MR) is 77.0 cm³/mol. The van der Waals surface area contributed by atoms with Crippen molar-refractivity contribution in [1.29, 1.82) is 0 Å². The molecular formula is C14H30N2O3. The summed E-state index contributed by atoms with van der Waals surface area (Å²) in [6.45, 7) is 12.3. The summed E-state index contributed by atoms with van der Waals surface area (Å²) >= 11 is 0. The van der Waals surface area contributed by atoms with Gasteiger partial charge in [-0.3, -0.25) is 4.79 Å². The number of likely N-dealkylation sites (N-methyl/N-ethyl adjacent to an activating group) is 1. The van der Waals surface area contributed by atoms with Crippen LogP contribution in [0.4, 0.5) is 0 Å². The fourth-order valence-electron chi connectivity index (χ4n) is 1.73. The molecule has 0 bridgehead atoms. The SMILES string of the molecule is CCNC(C)(CCCOCCOC(C)(C)C)C(N)=O.